The lowest BCUT2D eigenvalue weighted by molar-refractivity contribution is 0.157. The van der Waals surface area contributed by atoms with Gasteiger partial charge in [-0.2, -0.15) is 0 Å². The Hall–Kier alpha value is 0.140. The van der Waals surface area contributed by atoms with Gasteiger partial charge in [0.1, 0.15) is 0 Å². The lowest BCUT2D eigenvalue weighted by Gasteiger charge is -2.39. The van der Waals surface area contributed by atoms with Gasteiger partial charge in [-0.05, 0) is 64.4 Å². The van der Waals surface area contributed by atoms with E-state index < -0.39 is 0 Å². The molecule has 2 unspecified atom stereocenters. The topological polar surface area (TPSA) is 26.0 Å². The summed E-state index contributed by atoms with van der Waals surface area (Å²) in [4.78, 5) is 1.46. The summed E-state index contributed by atoms with van der Waals surface area (Å²) in [6.45, 7) is 4.74. The maximum absolute atomic E-state index is 6.26. The third kappa shape index (κ3) is 2.88. The maximum Gasteiger partial charge on any atom is 0.0314 e. The van der Waals surface area contributed by atoms with Gasteiger partial charge in [-0.25, -0.2) is 0 Å². The molecule has 2 atom stereocenters. The average Bonchev–Trinajstić information content (AvgIpc) is 2.58. The van der Waals surface area contributed by atoms with E-state index in [0.717, 1.165) is 6.42 Å². The molecular formula is C13H20BrNS. The van der Waals surface area contributed by atoms with Gasteiger partial charge in [-0.3, -0.25) is 0 Å². The highest BCUT2D eigenvalue weighted by Crippen LogP contribution is 2.40. The van der Waals surface area contributed by atoms with Crippen LogP contribution in [0.25, 0.3) is 0 Å². The second kappa shape index (κ2) is 4.79. The van der Waals surface area contributed by atoms with Crippen LogP contribution in [0.2, 0.25) is 0 Å². The first-order chi connectivity index (χ1) is 7.48. The highest BCUT2D eigenvalue weighted by atomic mass is 79.9. The van der Waals surface area contributed by atoms with Gasteiger partial charge in [-0.15, -0.1) is 11.3 Å². The number of rotatable bonds is 2. The SMILES string of the molecule is CC1(C)CCC(N)C(Cc2sccc2Br)C1. The highest BCUT2D eigenvalue weighted by Gasteiger charge is 2.33. The Morgan fingerprint density at radius 3 is 2.94 bits per heavy atom. The van der Waals surface area contributed by atoms with E-state index in [1.165, 1.54) is 28.6 Å². The van der Waals surface area contributed by atoms with E-state index >= 15 is 0 Å². The van der Waals surface area contributed by atoms with Crippen LogP contribution in [-0.2, 0) is 6.42 Å². The van der Waals surface area contributed by atoms with Gasteiger partial charge in [0, 0.05) is 15.4 Å². The molecule has 0 amide bonds. The zero-order chi connectivity index (χ0) is 11.8. The van der Waals surface area contributed by atoms with E-state index in [1.807, 2.05) is 11.3 Å². The van der Waals surface area contributed by atoms with Gasteiger partial charge in [0.15, 0.2) is 0 Å². The Kier molecular flexibility index (Phi) is 3.77. The summed E-state index contributed by atoms with van der Waals surface area (Å²) in [6.07, 6.45) is 4.86. The van der Waals surface area contributed by atoms with Crippen molar-refractivity contribution in [1.82, 2.24) is 0 Å². The molecule has 1 saturated carbocycles. The van der Waals surface area contributed by atoms with Crippen molar-refractivity contribution in [2.45, 2.75) is 45.6 Å². The van der Waals surface area contributed by atoms with Crippen molar-refractivity contribution < 1.29 is 0 Å². The van der Waals surface area contributed by atoms with Gasteiger partial charge in [-0.1, -0.05) is 13.8 Å². The summed E-state index contributed by atoms with van der Waals surface area (Å²) in [5.74, 6) is 0.652. The van der Waals surface area contributed by atoms with Crippen LogP contribution < -0.4 is 5.73 Å². The van der Waals surface area contributed by atoms with Crippen LogP contribution in [-0.4, -0.2) is 6.04 Å². The minimum atomic E-state index is 0.391. The predicted octanol–water partition coefficient (Wildman–Crippen LogP) is 4.21. The van der Waals surface area contributed by atoms with Crippen LogP contribution in [0.5, 0.6) is 0 Å². The van der Waals surface area contributed by atoms with Crippen LogP contribution >= 0.6 is 27.3 Å². The van der Waals surface area contributed by atoms with Crippen LogP contribution in [0.3, 0.4) is 0 Å². The Morgan fingerprint density at radius 2 is 2.31 bits per heavy atom. The molecule has 1 aliphatic carbocycles. The number of hydrogen-bond acceptors (Lipinski definition) is 2. The zero-order valence-corrected chi connectivity index (χ0v) is 12.4. The van der Waals surface area contributed by atoms with Gasteiger partial charge in [0.05, 0.1) is 0 Å². The highest BCUT2D eigenvalue weighted by molar-refractivity contribution is 9.10. The molecule has 0 radical (unpaired) electrons. The Balaban J connectivity index is 2.06. The van der Waals surface area contributed by atoms with Crippen molar-refractivity contribution in [3.8, 4) is 0 Å². The number of thiophene rings is 1. The minimum absolute atomic E-state index is 0.391. The number of hydrogen-bond donors (Lipinski definition) is 1. The summed E-state index contributed by atoms with van der Waals surface area (Å²) < 4.78 is 1.26. The maximum atomic E-state index is 6.26. The van der Waals surface area contributed by atoms with Crippen LogP contribution in [0, 0.1) is 11.3 Å². The molecule has 0 saturated heterocycles. The van der Waals surface area contributed by atoms with E-state index in [2.05, 4.69) is 41.2 Å². The molecule has 0 aromatic carbocycles. The zero-order valence-electron chi connectivity index (χ0n) is 10.0. The predicted molar refractivity (Wildman–Crippen MR) is 74.8 cm³/mol. The van der Waals surface area contributed by atoms with Crippen molar-refractivity contribution in [2.24, 2.45) is 17.1 Å². The first-order valence-electron chi connectivity index (χ1n) is 5.95. The van der Waals surface area contributed by atoms with Crippen molar-refractivity contribution in [1.29, 1.82) is 0 Å². The third-order valence-electron chi connectivity index (χ3n) is 3.71. The molecule has 1 fully saturated rings. The summed E-state index contributed by atoms with van der Waals surface area (Å²) >= 11 is 5.45. The van der Waals surface area contributed by atoms with E-state index in [4.69, 9.17) is 5.73 Å². The molecule has 2 rings (SSSR count). The molecule has 90 valence electrons. The molecule has 1 heterocycles. The van der Waals surface area contributed by atoms with Crippen molar-refractivity contribution in [3.63, 3.8) is 0 Å². The molecule has 0 spiro atoms. The van der Waals surface area contributed by atoms with E-state index in [1.54, 1.807) is 0 Å². The summed E-state index contributed by atoms with van der Waals surface area (Å²) in [6, 6.07) is 2.53. The molecule has 3 heteroatoms. The third-order valence-corrected chi connectivity index (χ3v) is 5.66. The molecule has 16 heavy (non-hydrogen) atoms. The molecule has 0 bridgehead atoms. The molecular weight excluding hydrogens is 282 g/mol. The van der Waals surface area contributed by atoms with Crippen LogP contribution in [0.4, 0.5) is 0 Å². The lowest BCUT2D eigenvalue weighted by Crippen LogP contribution is -2.40. The van der Waals surface area contributed by atoms with Crippen molar-refractivity contribution in [2.75, 3.05) is 0 Å². The lowest BCUT2D eigenvalue weighted by atomic mass is 9.69. The van der Waals surface area contributed by atoms with Crippen LogP contribution in [0.15, 0.2) is 15.9 Å². The molecule has 2 N–H and O–H groups in total. The van der Waals surface area contributed by atoms with Crippen molar-refractivity contribution >= 4 is 27.3 Å². The fourth-order valence-electron chi connectivity index (χ4n) is 2.69. The quantitative estimate of drug-likeness (QED) is 0.870. The Morgan fingerprint density at radius 1 is 1.56 bits per heavy atom. The molecule has 1 aromatic heterocycles. The average molecular weight is 302 g/mol. The monoisotopic (exact) mass is 301 g/mol. The molecule has 0 aliphatic heterocycles. The summed E-state index contributed by atoms with van der Waals surface area (Å²) in [5, 5.41) is 2.15. The second-order valence-corrected chi connectivity index (χ2v) is 7.58. The van der Waals surface area contributed by atoms with E-state index in [-0.39, 0.29) is 0 Å². The van der Waals surface area contributed by atoms with Crippen LogP contribution in [0.1, 0.15) is 38.0 Å². The Bertz CT molecular complexity index is 359. The fourth-order valence-corrected chi connectivity index (χ4v) is 4.30. The smallest absolute Gasteiger partial charge is 0.0314 e. The largest absolute Gasteiger partial charge is 0.327 e. The fraction of sp³-hybridized carbons (Fsp3) is 0.692. The summed E-state index contributed by atoms with van der Waals surface area (Å²) in [5.41, 5.74) is 6.73. The van der Waals surface area contributed by atoms with Gasteiger partial charge in [0.2, 0.25) is 0 Å². The normalized spacial score (nSPS) is 29.2. The van der Waals surface area contributed by atoms with Gasteiger partial charge in [0.25, 0.3) is 0 Å². The molecule has 1 nitrogen and oxygen atoms in total. The minimum Gasteiger partial charge on any atom is -0.327 e. The van der Waals surface area contributed by atoms with E-state index in [9.17, 15) is 0 Å². The standard InChI is InChI=1S/C13H20BrNS/c1-13(2)5-3-11(15)9(8-13)7-12-10(14)4-6-16-12/h4,6,9,11H,3,5,7-8,15H2,1-2H3. The molecule has 1 aliphatic rings. The first-order valence-corrected chi connectivity index (χ1v) is 7.63. The van der Waals surface area contributed by atoms with Gasteiger partial charge >= 0.3 is 0 Å². The van der Waals surface area contributed by atoms with Gasteiger partial charge < -0.3 is 5.73 Å². The number of nitrogens with two attached hydrogens (primary N) is 1. The number of halogens is 1. The second-order valence-electron chi connectivity index (χ2n) is 5.73. The van der Waals surface area contributed by atoms with E-state index in [0.29, 0.717) is 17.4 Å². The molecule has 1 aromatic rings. The first kappa shape index (κ1) is 12.6. The Labute approximate surface area is 111 Å². The summed E-state index contributed by atoms with van der Waals surface area (Å²) in [7, 11) is 0. The van der Waals surface area contributed by atoms with Crippen molar-refractivity contribution in [3.05, 3.63) is 20.8 Å².